The molecule has 2 heterocycles. The first-order valence-electron chi connectivity index (χ1n) is 9.91. The summed E-state index contributed by atoms with van der Waals surface area (Å²) in [6.07, 6.45) is 0.425. The van der Waals surface area contributed by atoms with E-state index in [1.807, 2.05) is 23.1 Å². The van der Waals surface area contributed by atoms with Crippen LogP contribution in [-0.2, 0) is 6.42 Å². The number of benzene rings is 2. The Hall–Kier alpha value is -3.09. The topological polar surface area (TPSA) is 64.1 Å². The first-order valence-corrected chi connectivity index (χ1v) is 9.91. The van der Waals surface area contributed by atoms with E-state index < -0.39 is 6.09 Å². The second-order valence-electron chi connectivity index (χ2n) is 7.49. The fourth-order valence-corrected chi connectivity index (χ4v) is 4.26. The summed E-state index contributed by atoms with van der Waals surface area (Å²) in [5.74, 6) is -0.308. The maximum atomic E-state index is 13.5. The molecule has 7 heteroatoms. The Morgan fingerprint density at radius 3 is 2.34 bits per heavy atom. The smallest absolute Gasteiger partial charge is 0.407 e. The van der Waals surface area contributed by atoms with Crippen LogP contribution in [0.3, 0.4) is 0 Å². The van der Waals surface area contributed by atoms with Gasteiger partial charge in [-0.05, 0) is 41.7 Å². The van der Waals surface area contributed by atoms with E-state index in [1.165, 1.54) is 22.6 Å². The van der Waals surface area contributed by atoms with Crippen molar-refractivity contribution in [3.63, 3.8) is 0 Å². The summed E-state index contributed by atoms with van der Waals surface area (Å²) in [5.41, 5.74) is 3.12. The third-order valence-corrected chi connectivity index (χ3v) is 5.75. The Balaban J connectivity index is 1.63. The van der Waals surface area contributed by atoms with Crippen molar-refractivity contribution >= 4 is 12.1 Å². The monoisotopic (exact) mass is 397 g/mol. The fourth-order valence-electron chi connectivity index (χ4n) is 4.26. The molecule has 1 fully saturated rings. The highest BCUT2D eigenvalue weighted by Gasteiger charge is 2.35. The molecule has 1 N–H and O–H groups in total. The quantitative estimate of drug-likeness (QED) is 0.800. The molecule has 1 atom stereocenters. The van der Waals surface area contributed by atoms with E-state index in [1.54, 1.807) is 17.0 Å². The largest absolute Gasteiger partial charge is 0.465 e. The molecule has 0 saturated carbocycles. The minimum Gasteiger partial charge on any atom is -0.465 e. The van der Waals surface area contributed by atoms with Crippen LogP contribution in [0.2, 0.25) is 0 Å². The van der Waals surface area contributed by atoms with Crippen molar-refractivity contribution in [2.45, 2.75) is 18.9 Å². The standard InChI is InChI=1S/C22H24FN3O3/c23-18-8-6-17(7-9-18)20-19-5-2-1-4-16(19)10-13-26(20)21(27)24-11-3-12-25(15-14-24)22(28)29/h1-2,4-9,20H,3,10-15H2,(H,28,29)/t20-/m0/s1. The first-order chi connectivity index (χ1) is 14.0. The zero-order valence-electron chi connectivity index (χ0n) is 16.1. The lowest BCUT2D eigenvalue weighted by Crippen LogP contribution is -2.49. The molecule has 0 aromatic heterocycles. The van der Waals surface area contributed by atoms with Crippen LogP contribution in [0.15, 0.2) is 48.5 Å². The van der Waals surface area contributed by atoms with E-state index in [-0.39, 0.29) is 17.9 Å². The summed E-state index contributed by atoms with van der Waals surface area (Å²) in [6.45, 7) is 2.21. The lowest BCUT2D eigenvalue weighted by molar-refractivity contribution is 0.133. The van der Waals surface area contributed by atoms with Gasteiger partial charge in [0.2, 0.25) is 0 Å². The van der Waals surface area contributed by atoms with Crippen molar-refractivity contribution < 1.29 is 19.1 Å². The molecule has 29 heavy (non-hydrogen) atoms. The predicted molar refractivity (Wildman–Crippen MR) is 106 cm³/mol. The first kappa shape index (κ1) is 19.2. The molecule has 0 bridgehead atoms. The van der Waals surface area contributed by atoms with Crippen LogP contribution in [0.1, 0.15) is 29.2 Å². The van der Waals surface area contributed by atoms with E-state index in [0.29, 0.717) is 39.1 Å². The molecular formula is C22H24FN3O3. The molecule has 0 unspecified atom stereocenters. The Bertz CT molecular complexity index is 902. The Morgan fingerprint density at radius 1 is 0.897 bits per heavy atom. The molecule has 152 valence electrons. The average Bonchev–Trinajstić information content (AvgIpc) is 3.00. The van der Waals surface area contributed by atoms with Crippen molar-refractivity contribution in [2.75, 3.05) is 32.7 Å². The fraction of sp³-hybridized carbons (Fsp3) is 0.364. The number of rotatable bonds is 1. The molecule has 2 aliphatic heterocycles. The zero-order valence-corrected chi connectivity index (χ0v) is 16.1. The van der Waals surface area contributed by atoms with Crippen LogP contribution in [0.25, 0.3) is 0 Å². The van der Waals surface area contributed by atoms with Gasteiger partial charge in [0, 0.05) is 32.7 Å². The number of urea groups is 1. The third-order valence-electron chi connectivity index (χ3n) is 5.75. The summed E-state index contributed by atoms with van der Waals surface area (Å²) in [4.78, 5) is 29.7. The number of amides is 3. The van der Waals surface area contributed by atoms with Crippen LogP contribution in [0.4, 0.5) is 14.0 Å². The summed E-state index contributed by atoms with van der Waals surface area (Å²) in [6, 6.07) is 14.0. The number of hydrogen-bond donors (Lipinski definition) is 1. The number of nitrogens with zero attached hydrogens (tertiary/aromatic N) is 3. The maximum Gasteiger partial charge on any atom is 0.407 e. The van der Waals surface area contributed by atoms with Crippen molar-refractivity contribution in [1.82, 2.24) is 14.7 Å². The molecule has 2 aromatic carbocycles. The molecule has 2 aromatic rings. The van der Waals surface area contributed by atoms with E-state index in [0.717, 1.165) is 17.5 Å². The molecule has 3 amide bonds. The van der Waals surface area contributed by atoms with E-state index in [4.69, 9.17) is 0 Å². The van der Waals surface area contributed by atoms with E-state index >= 15 is 0 Å². The Kier molecular flexibility index (Phi) is 5.38. The second-order valence-corrected chi connectivity index (χ2v) is 7.49. The molecule has 2 aliphatic rings. The van der Waals surface area contributed by atoms with Crippen LogP contribution in [0, 0.1) is 5.82 Å². The molecule has 0 spiro atoms. The van der Waals surface area contributed by atoms with Crippen LogP contribution in [0.5, 0.6) is 0 Å². The van der Waals surface area contributed by atoms with Gasteiger partial charge in [0.25, 0.3) is 0 Å². The Morgan fingerprint density at radius 2 is 1.59 bits per heavy atom. The van der Waals surface area contributed by atoms with Gasteiger partial charge < -0.3 is 19.8 Å². The second kappa shape index (κ2) is 8.11. The summed E-state index contributed by atoms with van der Waals surface area (Å²) in [5, 5.41) is 9.24. The Labute approximate surface area is 169 Å². The SMILES string of the molecule is O=C(O)N1CCCN(C(=O)N2CCc3ccccc3[C@@H]2c2ccc(F)cc2)CC1. The lowest BCUT2D eigenvalue weighted by atomic mass is 9.88. The normalized spacial score (nSPS) is 19.5. The van der Waals surface area contributed by atoms with Gasteiger partial charge in [-0.25, -0.2) is 14.0 Å². The van der Waals surface area contributed by atoms with Crippen molar-refractivity contribution in [3.05, 3.63) is 71.0 Å². The number of hydrogen-bond acceptors (Lipinski definition) is 2. The number of fused-ring (bicyclic) bond motifs is 1. The minimum absolute atomic E-state index is 0.0962. The highest BCUT2D eigenvalue weighted by atomic mass is 19.1. The van der Waals surface area contributed by atoms with Gasteiger partial charge in [-0.1, -0.05) is 36.4 Å². The summed E-state index contributed by atoms with van der Waals surface area (Å²) in [7, 11) is 0. The summed E-state index contributed by atoms with van der Waals surface area (Å²) >= 11 is 0. The zero-order chi connectivity index (χ0) is 20.4. The minimum atomic E-state index is -0.949. The number of halogens is 1. The van der Waals surface area contributed by atoms with Gasteiger partial charge in [0.15, 0.2) is 0 Å². The molecule has 6 nitrogen and oxygen atoms in total. The van der Waals surface area contributed by atoms with Gasteiger partial charge in [-0.2, -0.15) is 0 Å². The molecular weight excluding hydrogens is 373 g/mol. The summed E-state index contributed by atoms with van der Waals surface area (Å²) < 4.78 is 13.5. The van der Waals surface area contributed by atoms with Crippen LogP contribution < -0.4 is 0 Å². The van der Waals surface area contributed by atoms with Crippen molar-refractivity contribution in [3.8, 4) is 0 Å². The van der Waals surface area contributed by atoms with Gasteiger partial charge in [-0.15, -0.1) is 0 Å². The number of carbonyl (C=O) groups excluding carboxylic acids is 1. The third kappa shape index (κ3) is 3.90. The van der Waals surface area contributed by atoms with Crippen molar-refractivity contribution in [1.29, 1.82) is 0 Å². The molecule has 0 aliphatic carbocycles. The molecule has 0 radical (unpaired) electrons. The van der Waals surface area contributed by atoms with Gasteiger partial charge in [0.1, 0.15) is 5.82 Å². The maximum absolute atomic E-state index is 13.5. The predicted octanol–water partition coefficient (Wildman–Crippen LogP) is 3.58. The molecule has 1 saturated heterocycles. The van der Waals surface area contributed by atoms with Crippen LogP contribution >= 0.6 is 0 Å². The average molecular weight is 397 g/mol. The van der Waals surface area contributed by atoms with E-state index in [2.05, 4.69) is 6.07 Å². The van der Waals surface area contributed by atoms with Crippen molar-refractivity contribution in [2.24, 2.45) is 0 Å². The van der Waals surface area contributed by atoms with Crippen LogP contribution in [-0.4, -0.2) is 64.7 Å². The highest BCUT2D eigenvalue weighted by Crippen LogP contribution is 2.36. The van der Waals surface area contributed by atoms with Gasteiger partial charge in [0.05, 0.1) is 6.04 Å². The number of carbonyl (C=O) groups is 2. The van der Waals surface area contributed by atoms with E-state index in [9.17, 15) is 19.1 Å². The van der Waals surface area contributed by atoms with Gasteiger partial charge >= 0.3 is 12.1 Å². The number of carboxylic acid groups (broad SMARTS) is 1. The lowest BCUT2D eigenvalue weighted by Gasteiger charge is -2.40. The van der Waals surface area contributed by atoms with Gasteiger partial charge in [-0.3, -0.25) is 0 Å². The highest BCUT2D eigenvalue weighted by molar-refractivity contribution is 5.76. The molecule has 4 rings (SSSR count).